The van der Waals surface area contributed by atoms with E-state index in [1.54, 1.807) is 13.8 Å². The van der Waals surface area contributed by atoms with E-state index in [0.29, 0.717) is 24.1 Å². The van der Waals surface area contributed by atoms with Gasteiger partial charge in [0.2, 0.25) is 5.91 Å². The van der Waals surface area contributed by atoms with Crippen LogP contribution in [0, 0.1) is 11.8 Å². The number of esters is 1. The van der Waals surface area contributed by atoms with Crippen LogP contribution in [0.15, 0.2) is 188 Å². The summed E-state index contributed by atoms with van der Waals surface area (Å²) in [6, 6.07) is 57.0. The number of amides is 1. The van der Waals surface area contributed by atoms with Gasteiger partial charge in [-0.15, -0.1) is 0 Å². The number of aliphatic hydroxyl groups is 1. The Morgan fingerprint density at radius 3 is 1.76 bits per heavy atom. The number of ether oxygens (including phenoxy) is 1. The third-order valence-electron chi connectivity index (χ3n) is 12.7. The Hall–Kier alpha value is -7.20. The summed E-state index contributed by atoms with van der Waals surface area (Å²) in [5.74, 6) is -1.87. The molecule has 68 heavy (non-hydrogen) atoms. The molecule has 0 radical (unpaired) electrons. The quantitative estimate of drug-likeness (QED) is 0.0396. The molecule has 0 bridgehead atoms. The van der Waals surface area contributed by atoms with Gasteiger partial charge in [0.05, 0.1) is 30.2 Å². The van der Waals surface area contributed by atoms with Gasteiger partial charge in [0.1, 0.15) is 5.54 Å². The summed E-state index contributed by atoms with van der Waals surface area (Å²) in [6.45, 7) is 7.51. The van der Waals surface area contributed by atoms with Crippen LogP contribution in [0.3, 0.4) is 0 Å². The van der Waals surface area contributed by atoms with Gasteiger partial charge < -0.3 is 25.0 Å². The fourth-order valence-electron chi connectivity index (χ4n) is 9.57. The number of fused-ring (bicyclic) bond motifs is 2. The van der Waals surface area contributed by atoms with E-state index in [1.807, 2.05) is 142 Å². The topological polar surface area (TPSA) is 123 Å². The number of benzene rings is 7. The van der Waals surface area contributed by atoms with Crippen molar-refractivity contribution in [2.45, 2.75) is 76.8 Å². The van der Waals surface area contributed by atoms with E-state index in [0.717, 1.165) is 43.8 Å². The highest BCUT2D eigenvalue weighted by Gasteiger charge is 2.39. The van der Waals surface area contributed by atoms with Crippen molar-refractivity contribution in [3.63, 3.8) is 0 Å². The van der Waals surface area contributed by atoms with Gasteiger partial charge in [-0.05, 0) is 76.4 Å². The molecular weight excluding hydrogens is 845 g/mol. The molecule has 1 heterocycles. The predicted octanol–water partition coefficient (Wildman–Crippen LogP) is 10.1. The van der Waals surface area contributed by atoms with E-state index >= 15 is 4.79 Å². The maximum Gasteiger partial charge on any atom is 0.337 e. The number of carbonyl (C=O) groups excluding carboxylic acids is 3. The van der Waals surface area contributed by atoms with Gasteiger partial charge in [0, 0.05) is 30.6 Å². The molecule has 0 aliphatic carbocycles. The fraction of sp³-hybridized carbons (Fsp3) is 0.254. The van der Waals surface area contributed by atoms with Crippen molar-refractivity contribution in [2.24, 2.45) is 11.8 Å². The Balaban J connectivity index is 1.20. The second-order valence-corrected chi connectivity index (χ2v) is 18.4. The summed E-state index contributed by atoms with van der Waals surface area (Å²) < 4.78 is 7.52. The highest BCUT2D eigenvalue weighted by molar-refractivity contribution is 6.09. The van der Waals surface area contributed by atoms with Crippen molar-refractivity contribution in [3.05, 3.63) is 222 Å². The first kappa shape index (κ1) is 47.3. The fourth-order valence-corrected chi connectivity index (χ4v) is 9.57. The van der Waals surface area contributed by atoms with Crippen LogP contribution in [-0.4, -0.2) is 63.2 Å². The lowest BCUT2D eigenvalue weighted by Crippen LogP contribution is -2.55. The molecule has 1 amide bonds. The number of imidazole rings is 1. The molecule has 4 unspecified atom stereocenters. The Bertz CT molecular complexity index is 2840. The van der Waals surface area contributed by atoms with E-state index in [-0.39, 0.29) is 24.7 Å². The highest BCUT2D eigenvalue weighted by Crippen LogP contribution is 2.41. The molecule has 3 N–H and O–H groups in total. The van der Waals surface area contributed by atoms with Gasteiger partial charge in [0.25, 0.3) is 0 Å². The number of carbonyl (C=O) groups is 3. The molecule has 0 fully saturated rings. The molecule has 0 spiro atoms. The van der Waals surface area contributed by atoms with Crippen LogP contribution in [0.25, 0.3) is 21.5 Å². The first-order valence-corrected chi connectivity index (χ1v) is 23.6. The maximum atomic E-state index is 15.1. The average Bonchev–Trinajstić information content (AvgIpc) is 3.83. The predicted molar refractivity (Wildman–Crippen MR) is 270 cm³/mol. The maximum absolute atomic E-state index is 15.1. The number of aromatic nitrogens is 2. The summed E-state index contributed by atoms with van der Waals surface area (Å²) in [6.07, 6.45) is 2.60. The highest BCUT2D eigenvalue weighted by atomic mass is 16.6. The van der Waals surface area contributed by atoms with E-state index in [2.05, 4.69) is 75.9 Å². The Labute approximate surface area is 399 Å². The minimum atomic E-state index is -1.60. The molecule has 8 aromatic rings. The second kappa shape index (κ2) is 21.6. The lowest BCUT2D eigenvalue weighted by Gasteiger charge is -2.37. The first-order valence-electron chi connectivity index (χ1n) is 23.6. The molecule has 0 saturated heterocycles. The smallest absolute Gasteiger partial charge is 0.337 e. The van der Waals surface area contributed by atoms with Crippen molar-refractivity contribution < 1.29 is 24.2 Å². The number of hydrogen-bond donors (Lipinski definition) is 3. The van der Waals surface area contributed by atoms with Crippen molar-refractivity contribution >= 4 is 39.2 Å². The number of rotatable bonds is 20. The van der Waals surface area contributed by atoms with E-state index in [9.17, 15) is 14.7 Å². The Morgan fingerprint density at radius 2 is 1.18 bits per heavy atom. The van der Waals surface area contributed by atoms with Gasteiger partial charge in [-0.1, -0.05) is 190 Å². The minimum Gasteiger partial charge on any atom is -0.461 e. The van der Waals surface area contributed by atoms with Gasteiger partial charge in [-0.2, -0.15) is 0 Å². The molecular formula is C59H60N4O5. The van der Waals surface area contributed by atoms with Crippen LogP contribution in [-0.2, 0) is 32.7 Å². The van der Waals surface area contributed by atoms with Crippen LogP contribution < -0.4 is 10.6 Å². The molecule has 0 aliphatic rings. The van der Waals surface area contributed by atoms with Gasteiger partial charge in [-0.3, -0.25) is 9.59 Å². The minimum absolute atomic E-state index is 0.0226. The number of aliphatic hydroxyl groups excluding tert-OH is 1. The molecule has 4 atom stereocenters. The number of Topliss-reactive ketones (excluding diaryl/α,β-unsaturated/α-hetero) is 1. The standard InChI is InChI=1S/C59H60N4O5/c1-40(2)34-53(56(65)58(67)68-41(3)4)62-57(66)54(36-49-38-63(39-61-49)59(46-25-8-5-9-26-46,47-27-10-6-11-28-47)48-29-12-7-13-30-48)60-37-45(35-44-24-18-22-42-20-14-16-31-50(42)44)55(64)52-33-19-23-43-21-15-17-32-51(43)52/h5-33,38-41,45,53-54,56,60,65H,34-37H2,1-4H3,(H,62,66). The lowest BCUT2D eigenvalue weighted by atomic mass is 9.77. The molecule has 9 heteroatoms. The zero-order valence-corrected chi connectivity index (χ0v) is 39.2. The van der Waals surface area contributed by atoms with Gasteiger partial charge in [-0.25, -0.2) is 9.78 Å². The van der Waals surface area contributed by atoms with Crippen LogP contribution in [0.4, 0.5) is 0 Å². The first-order chi connectivity index (χ1) is 33.0. The van der Waals surface area contributed by atoms with Crippen molar-refractivity contribution in [2.75, 3.05) is 6.54 Å². The molecule has 346 valence electrons. The summed E-state index contributed by atoms with van der Waals surface area (Å²) >= 11 is 0. The molecule has 0 aliphatic heterocycles. The normalized spacial score (nSPS) is 13.6. The summed E-state index contributed by atoms with van der Waals surface area (Å²) in [5.41, 5.74) is 4.49. The van der Waals surface area contributed by atoms with Crippen LogP contribution in [0.5, 0.6) is 0 Å². The zero-order chi connectivity index (χ0) is 47.6. The molecule has 9 nitrogen and oxygen atoms in total. The SMILES string of the molecule is CC(C)CC(NC(=O)C(Cc1cn(C(c2ccccc2)(c2ccccc2)c2ccccc2)cn1)NCC(Cc1cccc2ccccc12)C(=O)c1cccc2ccccc12)C(O)C(=O)OC(C)C. The third-order valence-corrected chi connectivity index (χ3v) is 12.7. The third kappa shape index (κ3) is 10.5. The monoisotopic (exact) mass is 904 g/mol. The van der Waals surface area contributed by atoms with Crippen LogP contribution in [0.2, 0.25) is 0 Å². The van der Waals surface area contributed by atoms with E-state index < -0.39 is 47.6 Å². The number of nitrogens with zero attached hydrogens (tertiary/aromatic N) is 2. The summed E-state index contributed by atoms with van der Waals surface area (Å²) in [7, 11) is 0. The molecule has 0 saturated carbocycles. The number of hydrogen-bond acceptors (Lipinski definition) is 7. The Morgan fingerprint density at radius 1 is 0.647 bits per heavy atom. The average molecular weight is 905 g/mol. The van der Waals surface area contributed by atoms with Gasteiger partial charge in [0.15, 0.2) is 11.9 Å². The van der Waals surface area contributed by atoms with E-state index in [4.69, 9.17) is 9.72 Å². The van der Waals surface area contributed by atoms with Gasteiger partial charge >= 0.3 is 5.97 Å². The van der Waals surface area contributed by atoms with E-state index in [1.165, 1.54) is 0 Å². The molecule has 1 aromatic heterocycles. The van der Waals surface area contributed by atoms with Crippen molar-refractivity contribution in [1.29, 1.82) is 0 Å². The second-order valence-electron chi connectivity index (χ2n) is 18.4. The number of nitrogens with one attached hydrogen (secondary N) is 2. The van der Waals surface area contributed by atoms with Crippen LogP contribution in [0.1, 0.15) is 72.4 Å². The molecule has 8 rings (SSSR count). The number of ketones is 1. The Kier molecular flexibility index (Phi) is 15.0. The van der Waals surface area contributed by atoms with Crippen molar-refractivity contribution in [3.8, 4) is 0 Å². The summed E-state index contributed by atoms with van der Waals surface area (Å²) in [4.78, 5) is 48.2. The zero-order valence-electron chi connectivity index (χ0n) is 39.2. The summed E-state index contributed by atoms with van der Waals surface area (Å²) in [5, 5.41) is 22.0. The van der Waals surface area contributed by atoms with Crippen molar-refractivity contribution in [1.82, 2.24) is 20.2 Å². The van der Waals surface area contributed by atoms with Crippen LogP contribution >= 0.6 is 0 Å². The molecule has 7 aromatic carbocycles. The largest absolute Gasteiger partial charge is 0.461 e. The lowest BCUT2D eigenvalue weighted by molar-refractivity contribution is -0.159.